The molecule has 1 aliphatic carbocycles. The van der Waals surface area contributed by atoms with Crippen molar-refractivity contribution in [3.8, 4) is 11.4 Å². The lowest BCUT2D eigenvalue weighted by molar-refractivity contribution is 0.460. The highest BCUT2D eigenvalue weighted by molar-refractivity contribution is 8.00. The molecule has 1 fully saturated rings. The van der Waals surface area contributed by atoms with Gasteiger partial charge in [0.25, 0.3) is 0 Å². The fourth-order valence-corrected chi connectivity index (χ4v) is 4.98. The van der Waals surface area contributed by atoms with Crippen LogP contribution in [0, 0.1) is 12.7 Å². The first-order valence-electron chi connectivity index (χ1n) is 12.1. The minimum absolute atomic E-state index is 0.351. The van der Waals surface area contributed by atoms with Gasteiger partial charge in [-0.1, -0.05) is 37.5 Å². The van der Waals surface area contributed by atoms with E-state index in [2.05, 4.69) is 35.3 Å². The molecule has 2 aromatic carbocycles. The number of nitrogens with one attached hydrogen (secondary N) is 3. The van der Waals surface area contributed by atoms with Crippen LogP contribution in [0.25, 0.3) is 11.4 Å². The smallest absolute Gasteiger partial charge is 0.226 e. The summed E-state index contributed by atoms with van der Waals surface area (Å²) in [7, 11) is 0. The molecule has 0 unspecified atom stereocenters. The van der Waals surface area contributed by atoms with Crippen LogP contribution in [0.5, 0.6) is 0 Å². The van der Waals surface area contributed by atoms with Crippen molar-refractivity contribution < 1.29 is 4.39 Å². The summed E-state index contributed by atoms with van der Waals surface area (Å²) in [6, 6.07) is 15.2. The fourth-order valence-electron chi connectivity index (χ4n) is 4.22. The molecule has 36 heavy (non-hydrogen) atoms. The molecule has 2 heterocycles. The lowest BCUT2D eigenvalue weighted by atomic mass is 9.96. The van der Waals surface area contributed by atoms with E-state index in [1.807, 2.05) is 43.3 Å². The molecule has 1 aliphatic rings. The number of nitrogens with zero attached hydrogens (tertiary/aromatic N) is 4. The van der Waals surface area contributed by atoms with Crippen molar-refractivity contribution in [3.05, 3.63) is 78.6 Å². The SMILES string of the molecule is Cc1ccccc1SNc1ccc(Nc2ccncc2-c2ncnc(NC3CCCCC3)n2)cc1F. The number of benzene rings is 2. The van der Waals surface area contributed by atoms with Crippen LogP contribution in [-0.4, -0.2) is 26.0 Å². The number of hydrogen-bond donors (Lipinski definition) is 3. The summed E-state index contributed by atoms with van der Waals surface area (Å²) in [6.07, 6.45) is 10.9. The van der Waals surface area contributed by atoms with Gasteiger partial charge in [0.15, 0.2) is 5.82 Å². The third kappa shape index (κ3) is 5.91. The van der Waals surface area contributed by atoms with E-state index in [9.17, 15) is 4.39 Å². The highest BCUT2D eigenvalue weighted by atomic mass is 32.2. The number of aryl methyl sites for hydroxylation is 1. The maximum absolute atomic E-state index is 14.9. The molecule has 0 atom stereocenters. The second-order valence-corrected chi connectivity index (χ2v) is 9.67. The van der Waals surface area contributed by atoms with Crippen LogP contribution in [0.15, 0.2) is 72.1 Å². The normalized spacial score (nSPS) is 13.8. The minimum atomic E-state index is -0.351. The van der Waals surface area contributed by atoms with Gasteiger partial charge >= 0.3 is 0 Å². The van der Waals surface area contributed by atoms with Gasteiger partial charge in [0.1, 0.15) is 12.1 Å². The monoisotopic (exact) mass is 501 g/mol. The molecule has 5 rings (SSSR count). The van der Waals surface area contributed by atoms with E-state index >= 15 is 0 Å². The molecular weight excluding hydrogens is 473 g/mol. The quantitative estimate of drug-likeness (QED) is 0.223. The Hall–Kier alpha value is -3.72. The molecule has 0 aliphatic heterocycles. The number of pyridine rings is 1. The number of rotatable bonds is 8. The Bertz CT molecular complexity index is 1330. The molecule has 2 aromatic heterocycles. The standard InChI is InChI=1S/C27H28FN7S/c1-18-7-5-6-10-25(18)36-35-24-12-11-20(15-22(24)28)32-23-13-14-29-16-21(23)26-30-17-31-27(34-26)33-19-8-3-2-4-9-19/h5-7,10-17,19,35H,2-4,8-9H2,1H3,(H,29,32)(H,30,31,33,34). The highest BCUT2D eigenvalue weighted by Crippen LogP contribution is 2.31. The zero-order valence-electron chi connectivity index (χ0n) is 20.0. The van der Waals surface area contributed by atoms with Gasteiger partial charge in [0, 0.05) is 29.0 Å². The summed E-state index contributed by atoms with van der Waals surface area (Å²) in [5.41, 5.74) is 3.61. The van der Waals surface area contributed by atoms with Crippen LogP contribution in [-0.2, 0) is 0 Å². The van der Waals surface area contributed by atoms with E-state index < -0.39 is 0 Å². The predicted octanol–water partition coefficient (Wildman–Crippen LogP) is 6.99. The molecule has 0 amide bonds. The summed E-state index contributed by atoms with van der Waals surface area (Å²) in [5, 5.41) is 6.73. The predicted molar refractivity (Wildman–Crippen MR) is 144 cm³/mol. The summed E-state index contributed by atoms with van der Waals surface area (Å²) >= 11 is 1.39. The number of aromatic nitrogens is 4. The molecule has 0 spiro atoms. The van der Waals surface area contributed by atoms with Gasteiger partial charge < -0.3 is 15.4 Å². The first kappa shape index (κ1) is 24.0. The Morgan fingerprint density at radius 2 is 1.83 bits per heavy atom. The van der Waals surface area contributed by atoms with Crippen molar-refractivity contribution in [2.45, 2.75) is 50.0 Å². The minimum Gasteiger partial charge on any atom is -0.355 e. The van der Waals surface area contributed by atoms with Crippen molar-refractivity contribution in [1.82, 2.24) is 19.9 Å². The van der Waals surface area contributed by atoms with Crippen LogP contribution in [0.4, 0.5) is 27.4 Å². The van der Waals surface area contributed by atoms with E-state index in [0.29, 0.717) is 34.8 Å². The zero-order chi connectivity index (χ0) is 24.7. The molecule has 0 radical (unpaired) electrons. The van der Waals surface area contributed by atoms with Gasteiger partial charge in [-0.2, -0.15) is 4.98 Å². The van der Waals surface area contributed by atoms with Crippen LogP contribution >= 0.6 is 11.9 Å². The van der Waals surface area contributed by atoms with Crippen molar-refractivity contribution in [3.63, 3.8) is 0 Å². The zero-order valence-corrected chi connectivity index (χ0v) is 20.9. The Balaban J connectivity index is 1.30. The Labute approximate surface area is 214 Å². The maximum Gasteiger partial charge on any atom is 0.226 e. The maximum atomic E-state index is 14.9. The lowest BCUT2D eigenvalue weighted by Crippen LogP contribution is -2.23. The first-order valence-corrected chi connectivity index (χ1v) is 12.9. The summed E-state index contributed by atoms with van der Waals surface area (Å²) in [4.78, 5) is 18.6. The summed E-state index contributed by atoms with van der Waals surface area (Å²) in [6.45, 7) is 2.03. The highest BCUT2D eigenvalue weighted by Gasteiger charge is 2.16. The van der Waals surface area contributed by atoms with Gasteiger partial charge in [0.05, 0.1) is 16.9 Å². The van der Waals surface area contributed by atoms with E-state index in [-0.39, 0.29) is 5.82 Å². The molecule has 7 nitrogen and oxygen atoms in total. The Morgan fingerprint density at radius 3 is 2.67 bits per heavy atom. The third-order valence-electron chi connectivity index (χ3n) is 6.18. The largest absolute Gasteiger partial charge is 0.355 e. The van der Waals surface area contributed by atoms with Crippen molar-refractivity contribution >= 4 is 35.0 Å². The molecule has 4 aromatic rings. The molecule has 1 saturated carbocycles. The van der Waals surface area contributed by atoms with Gasteiger partial charge in [-0.3, -0.25) is 4.98 Å². The molecule has 184 valence electrons. The molecule has 3 N–H and O–H groups in total. The van der Waals surface area contributed by atoms with Crippen LogP contribution in [0.3, 0.4) is 0 Å². The number of anilines is 4. The Kier molecular flexibility index (Phi) is 7.56. The van der Waals surface area contributed by atoms with E-state index in [1.165, 1.54) is 43.6 Å². The van der Waals surface area contributed by atoms with Gasteiger partial charge in [-0.05, 0) is 67.6 Å². The van der Waals surface area contributed by atoms with Crippen LogP contribution in [0.1, 0.15) is 37.7 Å². The van der Waals surface area contributed by atoms with E-state index in [0.717, 1.165) is 29.0 Å². The fraction of sp³-hybridized carbons (Fsp3) is 0.259. The summed E-state index contributed by atoms with van der Waals surface area (Å²) < 4.78 is 18.0. The topological polar surface area (TPSA) is 87.7 Å². The van der Waals surface area contributed by atoms with Crippen molar-refractivity contribution in [1.29, 1.82) is 0 Å². The van der Waals surface area contributed by atoms with E-state index in [1.54, 1.807) is 18.5 Å². The van der Waals surface area contributed by atoms with Crippen LogP contribution < -0.4 is 15.4 Å². The van der Waals surface area contributed by atoms with Gasteiger partial charge in [-0.25, -0.2) is 14.4 Å². The second kappa shape index (κ2) is 11.3. The second-order valence-electron chi connectivity index (χ2n) is 8.82. The number of hydrogen-bond acceptors (Lipinski definition) is 8. The van der Waals surface area contributed by atoms with Gasteiger partial charge in [-0.15, -0.1) is 0 Å². The number of halogens is 1. The average molecular weight is 502 g/mol. The molecule has 0 bridgehead atoms. The molecular formula is C27H28FN7S. The molecule has 9 heteroatoms. The Morgan fingerprint density at radius 1 is 0.972 bits per heavy atom. The van der Waals surface area contributed by atoms with Crippen LogP contribution in [0.2, 0.25) is 0 Å². The van der Waals surface area contributed by atoms with Gasteiger partial charge in [0.2, 0.25) is 5.95 Å². The average Bonchev–Trinajstić information content (AvgIpc) is 2.90. The van der Waals surface area contributed by atoms with Crippen molar-refractivity contribution in [2.24, 2.45) is 0 Å². The van der Waals surface area contributed by atoms with E-state index in [4.69, 9.17) is 0 Å². The third-order valence-corrected chi connectivity index (χ3v) is 7.18. The van der Waals surface area contributed by atoms with Crippen molar-refractivity contribution in [2.75, 3.05) is 15.4 Å². The molecule has 0 saturated heterocycles. The summed E-state index contributed by atoms with van der Waals surface area (Å²) in [5.74, 6) is 0.720. The lowest BCUT2D eigenvalue weighted by Gasteiger charge is -2.22. The first-order chi connectivity index (χ1) is 17.7.